The first-order valence-corrected chi connectivity index (χ1v) is 12.8. The predicted molar refractivity (Wildman–Crippen MR) is 140 cm³/mol. The van der Waals surface area contributed by atoms with Crippen molar-refractivity contribution in [1.29, 1.82) is 0 Å². The molecule has 1 aromatic carbocycles. The van der Waals surface area contributed by atoms with Gasteiger partial charge in [-0.3, -0.25) is 39.2 Å². The second-order valence-electron chi connectivity index (χ2n) is 11.6. The van der Waals surface area contributed by atoms with Gasteiger partial charge in [0, 0.05) is 45.0 Å². The molecule has 3 saturated heterocycles. The maximum Gasteiger partial charge on any atom is 0.332 e. The Hall–Kier alpha value is -4.06. The Labute approximate surface area is 226 Å². The number of nitrogens with zero attached hydrogens (tertiary/aromatic N) is 5. The van der Waals surface area contributed by atoms with E-state index in [-0.39, 0.29) is 12.0 Å². The van der Waals surface area contributed by atoms with Crippen LogP contribution < -0.4 is 10.2 Å². The van der Waals surface area contributed by atoms with Crippen LogP contribution in [0, 0.1) is 5.41 Å². The average molecular weight is 537 g/mol. The van der Waals surface area contributed by atoms with Crippen molar-refractivity contribution in [3.05, 3.63) is 34.9 Å². The van der Waals surface area contributed by atoms with Gasteiger partial charge in [-0.15, -0.1) is 0 Å². The molecular formula is C27H32N6O6. The van der Waals surface area contributed by atoms with Gasteiger partial charge in [-0.05, 0) is 63.6 Å². The topological polar surface area (TPSA) is 131 Å². The number of amides is 8. The highest BCUT2D eigenvalue weighted by Crippen LogP contribution is 2.47. The molecule has 8 amide bonds. The number of barbiturate groups is 2. The zero-order chi connectivity index (χ0) is 28.6. The van der Waals surface area contributed by atoms with Gasteiger partial charge in [0.25, 0.3) is 11.8 Å². The zero-order valence-corrected chi connectivity index (χ0v) is 22.9. The van der Waals surface area contributed by atoms with Crippen molar-refractivity contribution in [2.75, 3.05) is 45.7 Å². The Kier molecular flexibility index (Phi) is 5.94. The van der Waals surface area contributed by atoms with Crippen LogP contribution in [-0.4, -0.2) is 108 Å². The third-order valence-electron chi connectivity index (χ3n) is 8.06. The molecule has 0 aliphatic carbocycles. The van der Waals surface area contributed by atoms with Crippen molar-refractivity contribution in [3.8, 4) is 0 Å². The van der Waals surface area contributed by atoms with Crippen LogP contribution in [-0.2, 0) is 25.6 Å². The standard InChI is InChI=1S/C27H32N6O6/c1-26(2,3)33-21(35)17(20(34)28-24(33)38)12-15-7-8-18-16(11-15)13-27(19-14-29(4)9-10-32(18)19)22(36)30(5)25(39)31(6)23(27)37/h7-8,11-12,19H,9-10,13-14H2,1-6H3,(H,28,34,38)/b17-12+/t19-/m1/s1. The highest BCUT2D eigenvalue weighted by atomic mass is 16.2. The molecule has 4 heterocycles. The largest absolute Gasteiger partial charge is 0.364 e. The van der Waals surface area contributed by atoms with E-state index in [0.717, 1.165) is 26.9 Å². The van der Waals surface area contributed by atoms with Gasteiger partial charge < -0.3 is 9.80 Å². The smallest absolute Gasteiger partial charge is 0.332 e. The van der Waals surface area contributed by atoms with Gasteiger partial charge >= 0.3 is 12.1 Å². The van der Waals surface area contributed by atoms with Crippen LogP contribution >= 0.6 is 0 Å². The first-order chi connectivity index (χ1) is 18.2. The van der Waals surface area contributed by atoms with Crippen molar-refractivity contribution in [3.63, 3.8) is 0 Å². The number of hydrogen-bond donors (Lipinski definition) is 1. The molecule has 1 atom stereocenters. The molecule has 1 spiro atoms. The molecule has 4 aliphatic heterocycles. The van der Waals surface area contributed by atoms with Crippen LogP contribution in [0.25, 0.3) is 6.08 Å². The lowest BCUT2D eigenvalue weighted by Crippen LogP contribution is -2.74. The first-order valence-electron chi connectivity index (χ1n) is 12.8. The summed E-state index contributed by atoms with van der Waals surface area (Å²) in [5.41, 5.74) is -0.506. The quantitative estimate of drug-likeness (QED) is 0.315. The monoisotopic (exact) mass is 536 g/mol. The Morgan fingerprint density at radius 2 is 1.59 bits per heavy atom. The number of carbonyl (C=O) groups excluding carboxylic acids is 6. The van der Waals surface area contributed by atoms with E-state index in [1.165, 1.54) is 20.2 Å². The van der Waals surface area contributed by atoms with E-state index >= 15 is 0 Å². The molecule has 12 nitrogen and oxygen atoms in total. The summed E-state index contributed by atoms with van der Waals surface area (Å²) < 4.78 is 0. The van der Waals surface area contributed by atoms with Crippen LogP contribution in [0.4, 0.5) is 15.3 Å². The van der Waals surface area contributed by atoms with E-state index in [1.54, 1.807) is 32.9 Å². The number of likely N-dealkylation sites (N-methyl/N-ethyl adjacent to an activating group) is 1. The second kappa shape index (κ2) is 8.73. The molecule has 3 fully saturated rings. The molecule has 12 heteroatoms. The summed E-state index contributed by atoms with van der Waals surface area (Å²) in [7, 11) is 4.71. The number of anilines is 1. The van der Waals surface area contributed by atoms with Gasteiger partial charge in [-0.2, -0.15) is 0 Å². The number of fused-ring (bicyclic) bond motifs is 4. The molecule has 0 saturated carbocycles. The third-order valence-corrected chi connectivity index (χ3v) is 8.06. The number of benzene rings is 1. The first kappa shape index (κ1) is 26.5. The molecule has 39 heavy (non-hydrogen) atoms. The number of urea groups is 2. The normalized spacial score (nSPS) is 25.0. The maximum atomic E-state index is 13.8. The number of rotatable bonds is 1. The molecule has 0 unspecified atom stereocenters. The predicted octanol–water partition coefficient (Wildman–Crippen LogP) is 0.660. The van der Waals surface area contributed by atoms with Crippen molar-refractivity contribution >= 4 is 47.5 Å². The molecule has 4 aliphatic rings. The summed E-state index contributed by atoms with van der Waals surface area (Å²) in [6, 6.07) is 3.46. The van der Waals surface area contributed by atoms with E-state index < -0.39 is 52.7 Å². The van der Waals surface area contributed by atoms with Gasteiger partial charge in [-0.1, -0.05) is 6.07 Å². The summed E-state index contributed by atoms with van der Waals surface area (Å²) in [4.78, 5) is 85.4. The molecule has 1 aromatic rings. The van der Waals surface area contributed by atoms with E-state index in [0.29, 0.717) is 24.2 Å². The van der Waals surface area contributed by atoms with Gasteiger partial charge in [0.05, 0.1) is 6.04 Å². The molecular weight excluding hydrogens is 504 g/mol. The highest BCUT2D eigenvalue weighted by Gasteiger charge is 2.63. The summed E-state index contributed by atoms with van der Waals surface area (Å²) in [5.74, 6) is -2.59. The van der Waals surface area contributed by atoms with Crippen molar-refractivity contribution < 1.29 is 28.8 Å². The van der Waals surface area contributed by atoms with Crippen molar-refractivity contribution in [2.45, 2.75) is 38.8 Å². The Morgan fingerprint density at radius 3 is 2.21 bits per heavy atom. The summed E-state index contributed by atoms with van der Waals surface area (Å²) in [5, 5.41) is 2.23. The van der Waals surface area contributed by atoms with E-state index in [9.17, 15) is 28.8 Å². The minimum absolute atomic E-state index is 0.0563. The summed E-state index contributed by atoms with van der Waals surface area (Å²) in [6.45, 7) is 6.83. The Bertz CT molecular complexity index is 1350. The molecule has 0 aromatic heterocycles. The molecule has 1 N–H and O–H groups in total. The van der Waals surface area contributed by atoms with E-state index in [2.05, 4.69) is 15.1 Å². The lowest BCUT2D eigenvalue weighted by atomic mass is 9.67. The second-order valence-corrected chi connectivity index (χ2v) is 11.6. The van der Waals surface area contributed by atoms with Crippen LogP contribution in [0.2, 0.25) is 0 Å². The van der Waals surface area contributed by atoms with E-state index in [4.69, 9.17) is 0 Å². The van der Waals surface area contributed by atoms with Crippen LogP contribution in [0.3, 0.4) is 0 Å². The van der Waals surface area contributed by atoms with Crippen LogP contribution in [0.1, 0.15) is 31.9 Å². The Morgan fingerprint density at radius 1 is 0.949 bits per heavy atom. The molecule has 0 radical (unpaired) electrons. The number of hydrogen-bond acceptors (Lipinski definition) is 8. The minimum Gasteiger partial charge on any atom is -0.364 e. The van der Waals surface area contributed by atoms with Gasteiger partial charge in [0.1, 0.15) is 5.57 Å². The molecule has 206 valence electrons. The lowest BCUT2D eigenvalue weighted by molar-refractivity contribution is -0.160. The number of piperazine rings is 1. The molecule has 5 rings (SSSR count). The van der Waals surface area contributed by atoms with Gasteiger partial charge in [0.2, 0.25) is 11.8 Å². The number of carbonyl (C=O) groups is 6. The highest BCUT2D eigenvalue weighted by molar-refractivity contribution is 6.31. The van der Waals surface area contributed by atoms with Crippen LogP contribution in [0.5, 0.6) is 0 Å². The SMILES string of the molecule is CN1CCN2c3ccc(/C=C4\C(=O)NC(=O)N(C(C)(C)C)C4=O)cc3CC3(C(=O)N(C)C(=O)N(C)C3=O)[C@H]2C1. The van der Waals surface area contributed by atoms with Gasteiger partial charge in [0.15, 0.2) is 5.41 Å². The van der Waals surface area contributed by atoms with Gasteiger partial charge in [-0.25, -0.2) is 9.59 Å². The third kappa shape index (κ3) is 3.84. The maximum absolute atomic E-state index is 13.8. The fourth-order valence-electron chi connectivity index (χ4n) is 6.12. The minimum atomic E-state index is -1.52. The van der Waals surface area contributed by atoms with E-state index in [1.807, 2.05) is 13.1 Å². The lowest BCUT2D eigenvalue weighted by Gasteiger charge is -2.55. The van der Waals surface area contributed by atoms with Crippen molar-refractivity contribution in [2.24, 2.45) is 5.41 Å². The zero-order valence-electron chi connectivity index (χ0n) is 22.9. The molecule has 0 bridgehead atoms. The summed E-state index contributed by atoms with van der Waals surface area (Å²) in [6.07, 6.45) is 1.47. The van der Waals surface area contributed by atoms with Crippen molar-refractivity contribution in [1.82, 2.24) is 24.9 Å². The average Bonchev–Trinajstić information content (AvgIpc) is 2.86. The fraction of sp³-hybridized carbons (Fsp3) is 0.481. The fourth-order valence-corrected chi connectivity index (χ4v) is 6.12. The summed E-state index contributed by atoms with van der Waals surface area (Å²) >= 11 is 0. The number of imide groups is 4. The Balaban J connectivity index is 1.61. The number of nitrogens with one attached hydrogen (secondary N) is 1. The van der Waals surface area contributed by atoms with Crippen LogP contribution in [0.15, 0.2) is 23.8 Å².